The Bertz CT molecular complexity index is 455. The van der Waals surface area contributed by atoms with E-state index in [-0.39, 0.29) is 30.9 Å². The van der Waals surface area contributed by atoms with Gasteiger partial charge in [-0.05, 0) is 18.6 Å². The SMILES string of the molecule is CCCCCCC(O)C[NH+]1CC[NH+](c2cccc(OC)c2)CC1.[Cl-].[Cl-]. The molecule has 0 amide bonds. The predicted molar refractivity (Wildman–Crippen MR) is 93.7 cm³/mol. The summed E-state index contributed by atoms with van der Waals surface area (Å²) in [7, 11) is 1.72. The van der Waals surface area contributed by atoms with Crippen molar-refractivity contribution in [2.45, 2.75) is 45.1 Å². The van der Waals surface area contributed by atoms with Crippen LogP contribution in [0.1, 0.15) is 39.0 Å². The van der Waals surface area contributed by atoms with Crippen LogP contribution >= 0.6 is 0 Å². The third-order valence-corrected chi connectivity index (χ3v) is 4.95. The molecular weight excluding hydrogens is 359 g/mol. The van der Waals surface area contributed by atoms with Crippen LogP contribution in [-0.2, 0) is 0 Å². The van der Waals surface area contributed by atoms with Crippen LogP contribution in [0.2, 0.25) is 0 Å². The zero-order valence-electron chi connectivity index (χ0n) is 15.6. The minimum Gasteiger partial charge on any atom is -1.00 e. The Labute approximate surface area is 165 Å². The number of aliphatic hydroxyl groups excluding tert-OH is 1. The molecule has 0 radical (unpaired) electrons. The second kappa shape index (κ2) is 13.7. The molecule has 6 heteroatoms. The fourth-order valence-electron chi connectivity index (χ4n) is 3.48. The Morgan fingerprint density at radius 3 is 2.44 bits per heavy atom. The molecular formula is C19H34Cl2N2O2. The highest BCUT2D eigenvalue weighted by molar-refractivity contribution is 5.37. The highest BCUT2D eigenvalue weighted by Crippen LogP contribution is 2.13. The maximum absolute atomic E-state index is 10.2. The number of benzene rings is 1. The molecule has 1 aromatic carbocycles. The van der Waals surface area contributed by atoms with E-state index in [9.17, 15) is 5.11 Å². The molecule has 0 bridgehead atoms. The van der Waals surface area contributed by atoms with E-state index < -0.39 is 0 Å². The van der Waals surface area contributed by atoms with E-state index in [4.69, 9.17) is 4.74 Å². The summed E-state index contributed by atoms with van der Waals surface area (Å²) in [5, 5.41) is 10.2. The van der Waals surface area contributed by atoms with Crippen LogP contribution in [0, 0.1) is 0 Å². The molecule has 1 saturated heterocycles. The summed E-state index contributed by atoms with van der Waals surface area (Å²) >= 11 is 0. The van der Waals surface area contributed by atoms with E-state index >= 15 is 0 Å². The first kappa shape index (κ1) is 24.5. The number of hydrogen-bond donors (Lipinski definition) is 3. The maximum Gasteiger partial charge on any atom is 0.135 e. The van der Waals surface area contributed by atoms with Crippen LogP contribution in [0.3, 0.4) is 0 Å². The molecule has 2 rings (SSSR count). The molecule has 1 unspecified atom stereocenters. The van der Waals surface area contributed by atoms with Crippen molar-refractivity contribution in [2.24, 2.45) is 0 Å². The van der Waals surface area contributed by atoms with Crippen molar-refractivity contribution in [2.75, 3.05) is 39.8 Å². The second-order valence-electron chi connectivity index (χ2n) is 6.79. The maximum atomic E-state index is 10.2. The number of unbranched alkanes of at least 4 members (excludes halogenated alkanes) is 3. The molecule has 146 valence electrons. The first-order chi connectivity index (χ1) is 11.2. The first-order valence-corrected chi connectivity index (χ1v) is 9.23. The van der Waals surface area contributed by atoms with Crippen molar-refractivity contribution in [3.63, 3.8) is 0 Å². The number of nitrogens with one attached hydrogen (secondary N) is 2. The minimum absolute atomic E-state index is 0. The van der Waals surface area contributed by atoms with Gasteiger partial charge in [-0.3, -0.25) is 4.90 Å². The monoisotopic (exact) mass is 392 g/mol. The lowest BCUT2D eigenvalue weighted by Gasteiger charge is -2.30. The number of halogens is 2. The molecule has 3 N–H and O–H groups in total. The molecule has 0 aliphatic carbocycles. The van der Waals surface area contributed by atoms with E-state index in [1.54, 1.807) is 12.0 Å². The largest absolute Gasteiger partial charge is 1.00 e. The molecule has 0 spiro atoms. The molecule has 1 atom stereocenters. The summed E-state index contributed by atoms with van der Waals surface area (Å²) in [6.07, 6.45) is 5.83. The van der Waals surface area contributed by atoms with E-state index in [0.29, 0.717) is 0 Å². The fourth-order valence-corrected chi connectivity index (χ4v) is 3.48. The second-order valence-corrected chi connectivity index (χ2v) is 6.79. The lowest BCUT2D eigenvalue weighted by Crippen LogP contribution is -3.26. The van der Waals surface area contributed by atoms with Crippen molar-refractivity contribution in [1.82, 2.24) is 0 Å². The van der Waals surface area contributed by atoms with Gasteiger partial charge in [0.2, 0.25) is 0 Å². The molecule has 0 aromatic heterocycles. The van der Waals surface area contributed by atoms with Crippen molar-refractivity contribution in [3.8, 4) is 5.75 Å². The number of piperazine rings is 1. The third kappa shape index (κ3) is 8.61. The smallest absolute Gasteiger partial charge is 0.135 e. The van der Waals surface area contributed by atoms with Gasteiger partial charge in [-0.15, -0.1) is 0 Å². The van der Waals surface area contributed by atoms with Gasteiger partial charge in [0.15, 0.2) is 0 Å². The molecule has 4 nitrogen and oxygen atoms in total. The molecule has 1 aromatic rings. The van der Waals surface area contributed by atoms with Gasteiger partial charge in [0.25, 0.3) is 0 Å². The lowest BCUT2D eigenvalue weighted by molar-refractivity contribution is -0.988. The Kier molecular flexibility index (Phi) is 13.4. The summed E-state index contributed by atoms with van der Waals surface area (Å²) in [6, 6.07) is 8.40. The summed E-state index contributed by atoms with van der Waals surface area (Å²) in [4.78, 5) is 3.09. The van der Waals surface area contributed by atoms with Gasteiger partial charge >= 0.3 is 0 Å². The molecule has 0 saturated carbocycles. The summed E-state index contributed by atoms with van der Waals surface area (Å²) in [5.74, 6) is 0.937. The van der Waals surface area contributed by atoms with Crippen molar-refractivity contribution >= 4 is 5.69 Å². The van der Waals surface area contributed by atoms with Crippen LogP contribution in [0.25, 0.3) is 0 Å². The number of methoxy groups -OCH3 is 1. The van der Waals surface area contributed by atoms with Crippen LogP contribution in [-0.4, -0.2) is 51.0 Å². The highest BCUT2D eigenvalue weighted by atomic mass is 35.5. The van der Waals surface area contributed by atoms with E-state index in [1.165, 1.54) is 36.3 Å². The molecule has 1 fully saturated rings. The lowest BCUT2D eigenvalue weighted by atomic mass is 10.1. The molecule has 1 heterocycles. The van der Waals surface area contributed by atoms with Crippen molar-refractivity contribution in [3.05, 3.63) is 24.3 Å². The van der Waals surface area contributed by atoms with Gasteiger partial charge in [-0.2, -0.15) is 0 Å². The van der Waals surface area contributed by atoms with Crippen molar-refractivity contribution < 1.29 is 44.5 Å². The fraction of sp³-hybridized carbons (Fsp3) is 0.684. The van der Waals surface area contributed by atoms with Crippen LogP contribution in [0.5, 0.6) is 5.75 Å². The predicted octanol–water partition coefficient (Wildman–Crippen LogP) is -5.55. The topological polar surface area (TPSA) is 38.3 Å². The number of hydrogen-bond acceptors (Lipinski definition) is 2. The van der Waals surface area contributed by atoms with Crippen LogP contribution < -0.4 is 39.4 Å². The quantitative estimate of drug-likeness (QED) is 0.367. The Morgan fingerprint density at radius 1 is 1.08 bits per heavy atom. The Balaban J connectivity index is 0.00000288. The average molecular weight is 393 g/mol. The van der Waals surface area contributed by atoms with E-state index in [1.807, 2.05) is 6.07 Å². The molecule has 1 aliphatic rings. The number of ether oxygens (including phenoxy) is 1. The Morgan fingerprint density at radius 2 is 1.80 bits per heavy atom. The Hall–Kier alpha value is -0.520. The van der Waals surface area contributed by atoms with Crippen molar-refractivity contribution in [1.29, 1.82) is 0 Å². The zero-order chi connectivity index (χ0) is 16.5. The van der Waals surface area contributed by atoms with Crippen LogP contribution in [0.15, 0.2) is 24.3 Å². The number of quaternary nitrogens is 2. The highest BCUT2D eigenvalue weighted by Gasteiger charge is 2.26. The summed E-state index contributed by atoms with van der Waals surface area (Å²) in [6.45, 7) is 7.68. The van der Waals surface area contributed by atoms with Gasteiger partial charge in [-0.25, -0.2) is 0 Å². The zero-order valence-corrected chi connectivity index (χ0v) is 17.1. The van der Waals surface area contributed by atoms with Gasteiger partial charge < -0.3 is 39.6 Å². The first-order valence-electron chi connectivity index (χ1n) is 9.23. The molecule has 1 aliphatic heterocycles. The van der Waals surface area contributed by atoms with Gasteiger partial charge in [0, 0.05) is 6.07 Å². The number of rotatable bonds is 9. The van der Waals surface area contributed by atoms with Crippen LogP contribution in [0.4, 0.5) is 5.69 Å². The van der Waals surface area contributed by atoms with Gasteiger partial charge in [-0.1, -0.05) is 38.7 Å². The van der Waals surface area contributed by atoms with Gasteiger partial charge in [0.1, 0.15) is 50.3 Å². The summed E-state index contributed by atoms with van der Waals surface area (Å²) < 4.78 is 5.32. The van der Waals surface area contributed by atoms with E-state index in [2.05, 4.69) is 25.1 Å². The normalized spacial score (nSPS) is 20.9. The third-order valence-electron chi connectivity index (χ3n) is 4.95. The van der Waals surface area contributed by atoms with E-state index in [0.717, 1.165) is 44.9 Å². The number of aliphatic hydroxyl groups is 1. The average Bonchev–Trinajstić information content (AvgIpc) is 2.59. The van der Waals surface area contributed by atoms with Gasteiger partial charge in [0.05, 0.1) is 7.11 Å². The molecule has 25 heavy (non-hydrogen) atoms. The standard InChI is InChI=1S/C19H32N2O2.2ClH/c1-3-4-5-6-9-18(22)16-20-11-13-21(14-12-20)17-8-7-10-19(15-17)23-2;;/h7-8,10,15,18,22H,3-6,9,11-14,16H2,1-2H3;2*1H. The summed E-state index contributed by atoms with van der Waals surface area (Å²) in [5.41, 5.74) is 1.32. The minimum atomic E-state index is -0.125.